The first-order chi connectivity index (χ1) is 11.2. The second kappa shape index (κ2) is 7.61. The van der Waals surface area contributed by atoms with E-state index >= 15 is 0 Å². The highest BCUT2D eigenvalue weighted by molar-refractivity contribution is 5.76. The fourth-order valence-electron chi connectivity index (χ4n) is 3.01. The van der Waals surface area contributed by atoms with Gasteiger partial charge in [-0.15, -0.1) is 5.10 Å². The maximum absolute atomic E-state index is 12.2. The van der Waals surface area contributed by atoms with Crippen molar-refractivity contribution in [1.29, 1.82) is 0 Å². The van der Waals surface area contributed by atoms with Crippen LogP contribution in [-0.4, -0.2) is 43.3 Å². The summed E-state index contributed by atoms with van der Waals surface area (Å²) in [7, 11) is 0. The van der Waals surface area contributed by atoms with Gasteiger partial charge in [0.2, 0.25) is 5.91 Å². The van der Waals surface area contributed by atoms with Crippen LogP contribution in [0.3, 0.4) is 0 Å². The molecule has 24 heavy (non-hydrogen) atoms. The van der Waals surface area contributed by atoms with Crippen molar-refractivity contribution in [3.63, 3.8) is 0 Å². The molecular weight excluding hydrogens is 308 g/mol. The van der Waals surface area contributed by atoms with Crippen molar-refractivity contribution >= 4 is 5.91 Å². The number of hydrogen-bond acceptors (Lipinski definition) is 5. The highest BCUT2D eigenvalue weighted by atomic mass is 16.3. The van der Waals surface area contributed by atoms with E-state index in [0.29, 0.717) is 5.69 Å². The van der Waals surface area contributed by atoms with Gasteiger partial charge in [0.05, 0.1) is 30.8 Å². The van der Waals surface area contributed by atoms with Crippen LogP contribution in [-0.2, 0) is 10.4 Å². The Labute approximate surface area is 143 Å². The lowest BCUT2D eigenvalue weighted by atomic mass is 9.90. The number of carbonyl (C=O) groups is 1. The number of hydrogen-bond donors (Lipinski definition) is 3. The third kappa shape index (κ3) is 4.77. The Morgan fingerprint density at radius 3 is 2.67 bits per heavy atom. The van der Waals surface area contributed by atoms with Crippen LogP contribution in [0.1, 0.15) is 71.5 Å². The molecule has 1 aromatic rings. The number of aromatic nitrogens is 3. The zero-order valence-electron chi connectivity index (χ0n) is 15.1. The van der Waals surface area contributed by atoms with Crippen LogP contribution in [0.15, 0.2) is 6.20 Å². The number of nitrogens with one attached hydrogen (secondary N) is 1. The minimum atomic E-state index is -1.03. The Morgan fingerprint density at radius 2 is 2.08 bits per heavy atom. The van der Waals surface area contributed by atoms with Crippen molar-refractivity contribution in [2.24, 2.45) is 5.92 Å². The number of amides is 1. The summed E-state index contributed by atoms with van der Waals surface area (Å²) in [6, 6.07) is 0.00413. The Hall–Kier alpha value is -1.47. The topological polar surface area (TPSA) is 100 Å². The molecule has 1 aliphatic carbocycles. The first-order valence-electron chi connectivity index (χ1n) is 8.80. The largest absolute Gasteiger partial charge is 0.392 e. The molecule has 0 saturated heterocycles. The van der Waals surface area contributed by atoms with Crippen LogP contribution < -0.4 is 5.32 Å². The van der Waals surface area contributed by atoms with E-state index in [-0.39, 0.29) is 30.3 Å². The fourth-order valence-corrected chi connectivity index (χ4v) is 3.01. The summed E-state index contributed by atoms with van der Waals surface area (Å²) in [5, 5.41) is 31.2. The highest BCUT2D eigenvalue weighted by Gasteiger charge is 2.31. The van der Waals surface area contributed by atoms with Crippen LogP contribution in [0.5, 0.6) is 0 Å². The molecule has 136 valence electrons. The molecule has 7 nitrogen and oxygen atoms in total. The zero-order chi connectivity index (χ0) is 17.9. The van der Waals surface area contributed by atoms with Crippen molar-refractivity contribution in [2.75, 3.05) is 0 Å². The summed E-state index contributed by atoms with van der Waals surface area (Å²) in [5.41, 5.74) is -0.513. The van der Waals surface area contributed by atoms with Crippen molar-refractivity contribution in [1.82, 2.24) is 20.3 Å². The maximum atomic E-state index is 12.2. The van der Waals surface area contributed by atoms with E-state index in [1.807, 2.05) is 13.8 Å². The van der Waals surface area contributed by atoms with Crippen LogP contribution in [0.4, 0.5) is 0 Å². The van der Waals surface area contributed by atoms with Gasteiger partial charge in [-0.05, 0) is 32.6 Å². The summed E-state index contributed by atoms with van der Waals surface area (Å²) >= 11 is 0. The lowest BCUT2D eigenvalue weighted by Crippen LogP contribution is -2.44. The Morgan fingerprint density at radius 1 is 1.42 bits per heavy atom. The molecule has 7 heteroatoms. The number of carbonyl (C=O) groups excluding carboxylic acids is 1. The molecule has 2 rings (SSSR count). The fraction of sp³-hybridized carbons (Fsp3) is 0.824. The minimum Gasteiger partial charge on any atom is -0.392 e. The molecule has 0 unspecified atom stereocenters. The van der Waals surface area contributed by atoms with Crippen molar-refractivity contribution in [3.05, 3.63) is 11.9 Å². The van der Waals surface area contributed by atoms with Gasteiger partial charge in [0.25, 0.3) is 0 Å². The third-order valence-electron chi connectivity index (χ3n) is 4.72. The number of rotatable bonds is 6. The van der Waals surface area contributed by atoms with Crippen LogP contribution >= 0.6 is 0 Å². The lowest BCUT2D eigenvalue weighted by Gasteiger charge is -2.32. The predicted octanol–water partition coefficient (Wildman–Crippen LogP) is 1.51. The standard InChI is InChI=1S/C17H30N4O3/c1-11(2)14(22)9-16(23)18-12-7-5-6-8-13(12)21-10-15(19-20-21)17(3,4)24/h10-14,22,24H,5-9H2,1-4H3,(H,18,23)/t12-,13+,14-/m0/s1. The molecule has 0 bridgehead atoms. The van der Waals surface area contributed by atoms with Gasteiger partial charge in [-0.2, -0.15) is 0 Å². The Kier molecular flexibility index (Phi) is 5.98. The third-order valence-corrected chi connectivity index (χ3v) is 4.72. The van der Waals surface area contributed by atoms with E-state index < -0.39 is 11.7 Å². The zero-order valence-corrected chi connectivity index (χ0v) is 15.1. The minimum absolute atomic E-state index is 0.0260. The van der Waals surface area contributed by atoms with E-state index in [1.165, 1.54) is 0 Å². The molecular formula is C17H30N4O3. The first kappa shape index (κ1) is 18.9. The molecule has 1 heterocycles. The average Bonchev–Trinajstić information content (AvgIpc) is 2.97. The smallest absolute Gasteiger partial charge is 0.222 e. The van der Waals surface area contributed by atoms with Crippen molar-refractivity contribution in [2.45, 2.75) is 83.6 Å². The SMILES string of the molecule is CC(C)[C@@H](O)CC(=O)N[C@H]1CCCC[C@H]1n1cc(C(C)(C)O)nn1. The molecule has 3 atom stereocenters. The van der Waals surface area contributed by atoms with E-state index in [2.05, 4.69) is 15.6 Å². The summed E-state index contributed by atoms with van der Waals surface area (Å²) in [4.78, 5) is 12.2. The van der Waals surface area contributed by atoms with Gasteiger partial charge >= 0.3 is 0 Å². The highest BCUT2D eigenvalue weighted by Crippen LogP contribution is 2.29. The van der Waals surface area contributed by atoms with Crippen LogP contribution in [0, 0.1) is 5.92 Å². The molecule has 3 N–H and O–H groups in total. The van der Waals surface area contributed by atoms with Gasteiger partial charge in [0, 0.05) is 0 Å². The van der Waals surface area contributed by atoms with Gasteiger partial charge in [-0.3, -0.25) is 4.79 Å². The van der Waals surface area contributed by atoms with E-state index in [0.717, 1.165) is 25.7 Å². The van der Waals surface area contributed by atoms with E-state index in [1.54, 1.807) is 24.7 Å². The maximum Gasteiger partial charge on any atom is 0.222 e. The first-order valence-corrected chi connectivity index (χ1v) is 8.80. The molecule has 1 saturated carbocycles. The Balaban J connectivity index is 2.05. The van der Waals surface area contributed by atoms with Gasteiger partial charge in [0.1, 0.15) is 11.3 Å². The van der Waals surface area contributed by atoms with Crippen molar-refractivity contribution in [3.8, 4) is 0 Å². The normalized spacial score (nSPS) is 23.3. The molecule has 1 amide bonds. The molecule has 1 aromatic heterocycles. The summed E-state index contributed by atoms with van der Waals surface area (Å²) < 4.78 is 1.76. The van der Waals surface area contributed by atoms with Gasteiger partial charge in [-0.25, -0.2) is 4.68 Å². The second-order valence-electron chi connectivity index (χ2n) is 7.68. The summed E-state index contributed by atoms with van der Waals surface area (Å²) in [5.74, 6) is -0.0708. The van der Waals surface area contributed by atoms with E-state index in [9.17, 15) is 15.0 Å². The Bertz CT molecular complexity index is 550. The van der Waals surface area contributed by atoms with E-state index in [4.69, 9.17) is 0 Å². The van der Waals surface area contributed by atoms with Crippen LogP contribution in [0.25, 0.3) is 0 Å². The quantitative estimate of drug-likeness (QED) is 0.730. The molecule has 1 aliphatic rings. The number of aliphatic hydroxyl groups is 2. The molecule has 0 radical (unpaired) electrons. The molecule has 0 spiro atoms. The summed E-state index contributed by atoms with van der Waals surface area (Å²) in [6.07, 6.45) is 5.17. The van der Waals surface area contributed by atoms with Crippen molar-refractivity contribution < 1.29 is 15.0 Å². The monoisotopic (exact) mass is 338 g/mol. The lowest BCUT2D eigenvalue weighted by molar-refractivity contribution is -0.124. The second-order valence-corrected chi connectivity index (χ2v) is 7.68. The average molecular weight is 338 g/mol. The van der Waals surface area contributed by atoms with Gasteiger partial charge < -0.3 is 15.5 Å². The van der Waals surface area contributed by atoms with Gasteiger partial charge in [-0.1, -0.05) is 31.9 Å². The van der Waals surface area contributed by atoms with Gasteiger partial charge in [0.15, 0.2) is 0 Å². The molecule has 0 aliphatic heterocycles. The number of nitrogens with zero attached hydrogens (tertiary/aromatic N) is 3. The molecule has 0 aromatic carbocycles. The van der Waals surface area contributed by atoms with Crippen LogP contribution in [0.2, 0.25) is 0 Å². The number of aliphatic hydroxyl groups excluding tert-OH is 1. The predicted molar refractivity (Wildman–Crippen MR) is 90.2 cm³/mol. The molecule has 1 fully saturated rings. The summed E-state index contributed by atoms with van der Waals surface area (Å²) in [6.45, 7) is 7.15.